The Labute approximate surface area is 245 Å². The molecule has 4 aliphatic rings. The van der Waals surface area contributed by atoms with Crippen molar-refractivity contribution in [3.63, 3.8) is 0 Å². The average molecular weight is 576 g/mol. The summed E-state index contributed by atoms with van der Waals surface area (Å²) in [7, 11) is 0. The van der Waals surface area contributed by atoms with Gasteiger partial charge in [-0.15, -0.1) is 0 Å². The second kappa shape index (κ2) is 10.9. The molecule has 3 heterocycles. The summed E-state index contributed by atoms with van der Waals surface area (Å²) in [5, 5.41) is 15.6. The maximum Gasteiger partial charge on any atom is 0.322 e. The van der Waals surface area contributed by atoms with Crippen molar-refractivity contribution in [1.82, 2.24) is 15.5 Å². The first-order chi connectivity index (χ1) is 20.0. The lowest BCUT2D eigenvalue weighted by atomic mass is 9.79. The Morgan fingerprint density at radius 3 is 2.38 bits per heavy atom. The quantitative estimate of drug-likeness (QED) is 0.466. The smallest absolute Gasteiger partial charge is 0.322 e. The van der Waals surface area contributed by atoms with E-state index in [1.165, 1.54) is 29.8 Å². The van der Waals surface area contributed by atoms with E-state index >= 15 is 0 Å². The number of hydrogen-bond donors (Lipinski definition) is 3. The Bertz CT molecular complexity index is 1420. The third kappa shape index (κ3) is 5.57. The molecule has 6 rings (SSSR count). The zero-order valence-electron chi connectivity index (χ0n) is 24.2. The van der Waals surface area contributed by atoms with Gasteiger partial charge in [-0.2, -0.15) is 4.99 Å². The van der Waals surface area contributed by atoms with Gasteiger partial charge in [0.1, 0.15) is 17.2 Å². The molecule has 0 aromatic heterocycles. The zero-order valence-corrected chi connectivity index (χ0v) is 24.2. The van der Waals surface area contributed by atoms with Crippen LogP contribution in [-0.4, -0.2) is 64.0 Å². The highest BCUT2D eigenvalue weighted by atomic mass is 19.1. The van der Waals surface area contributed by atoms with Crippen LogP contribution in [0.3, 0.4) is 0 Å². The first-order valence-corrected chi connectivity index (χ1v) is 14.9. The molecule has 0 radical (unpaired) electrons. The van der Waals surface area contributed by atoms with Crippen molar-refractivity contribution < 1.29 is 23.9 Å². The topological polar surface area (TPSA) is 114 Å². The summed E-state index contributed by atoms with van der Waals surface area (Å²) in [6.45, 7) is 6.42. The normalized spacial score (nSPS) is 26.0. The number of hydrogen-bond acceptors (Lipinski definition) is 5. The number of piperidine rings is 1. The van der Waals surface area contributed by atoms with Crippen LogP contribution in [-0.2, 0) is 17.8 Å². The molecule has 2 saturated heterocycles. The number of carbonyl (C=O) groups excluding carboxylic acids is 3. The molecule has 3 aliphatic heterocycles. The maximum absolute atomic E-state index is 13.5. The number of amidine groups is 1. The number of benzene rings is 2. The summed E-state index contributed by atoms with van der Waals surface area (Å²) in [5.41, 5.74) is 2.04. The fourth-order valence-corrected chi connectivity index (χ4v) is 7.04. The molecule has 1 spiro atoms. The van der Waals surface area contributed by atoms with E-state index in [1.54, 1.807) is 0 Å². The summed E-state index contributed by atoms with van der Waals surface area (Å²) in [6.07, 6.45) is 4.69. The van der Waals surface area contributed by atoms with Crippen LogP contribution in [0.2, 0.25) is 0 Å². The highest BCUT2D eigenvalue weighted by molar-refractivity contribution is 6.13. The van der Waals surface area contributed by atoms with Gasteiger partial charge in [0.15, 0.2) is 0 Å². The van der Waals surface area contributed by atoms with Gasteiger partial charge in [0.05, 0.1) is 5.60 Å². The number of rotatable bonds is 5. The number of likely N-dealkylation sites (tertiary alicyclic amines) is 1. The second-order valence-corrected chi connectivity index (χ2v) is 12.8. The molecule has 1 aliphatic carbocycles. The van der Waals surface area contributed by atoms with Crippen LogP contribution in [0.15, 0.2) is 47.5 Å². The van der Waals surface area contributed by atoms with E-state index in [1.807, 2.05) is 13.8 Å². The van der Waals surface area contributed by atoms with Crippen LogP contribution < -0.4 is 15.5 Å². The second-order valence-electron chi connectivity index (χ2n) is 12.8. The van der Waals surface area contributed by atoms with Gasteiger partial charge in [-0.25, -0.2) is 9.18 Å². The molecule has 1 saturated carbocycles. The van der Waals surface area contributed by atoms with Gasteiger partial charge in [-0.1, -0.05) is 12.1 Å². The minimum atomic E-state index is -0.880. The predicted octanol–water partition coefficient (Wildman–Crippen LogP) is 3.93. The number of urea groups is 1. The molecular weight excluding hydrogens is 537 g/mol. The molecule has 0 atom stereocenters. The van der Waals surface area contributed by atoms with Crippen LogP contribution in [0.5, 0.6) is 0 Å². The molecule has 2 aromatic carbocycles. The predicted molar refractivity (Wildman–Crippen MR) is 157 cm³/mol. The number of amides is 4. The Balaban J connectivity index is 1.25. The molecule has 9 nitrogen and oxygen atoms in total. The first-order valence-electron chi connectivity index (χ1n) is 14.9. The third-order valence-corrected chi connectivity index (χ3v) is 9.54. The lowest BCUT2D eigenvalue weighted by Gasteiger charge is -2.40. The molecule has 0 unspecified atom stereocenters. The van der Waals surface area contributed by atoms with Crippen molar-refractivity contribution in [3.8, 4) is 0 Å². The van der Waals surface area contributed by atoms with Gasteiger partial charge in [-0.05, 0) is 113 Å². The van der Waals surface area contributed by atoms with Gasteiger partial charge in [-0.3, -0.25) is 19.8 Å². The van der Waals surface area contributed by atoms with Crippen LogP contribution >= 0.6 is 0 Å². The first kappa shape index (κ1) is 28.5. The number of fused-ring (bicyclic) bond motifs is 1. The Morgan fingerprint density at radius 2 is 1.76 bits per heavy atom. The SMILES string of the molecule is CC(C)(O)C1CCN(Cc2ccc3c(c2)N(C2CCC4(CC2)NC(=O)NC4=O)C(=NC(=O)c2ccc(F)cc2)C3)CC1. The Kier molecular flexibility index (Phi) is 7.39. The summed E-state index contributed by atoms with van der Waals surface area (Å²) < 4.78 is 13.5. The monoisotopic (exact) mass is 575 g/mol. The minimum Gasteiger partial charge on any atom is -0.390 e. The number of nitrogens with one attached hydrogen (secondary N) is 2. The number of halogens is 1. The summed E-state index contributed by atoms with van der Waals surface area (Å²) in [4.78, 5) is 46.7. The van der Waals surface area contributed by atoms with Gasteiger partial charge in [0, 0.05) is 30.3 Å². The molecule has 3 fully saturated rings. The average Bonchev–Trinajstić information content (AvgIpc) is 3.44. The summed E-state index contributed by atoms with van der Waals surface area (Å²) in [6, 6.07) is 11.4. The lowest BCUT2D eigenvalue weighted by Crippen LogP contribution is -2.53. The van der Waals surface area contributed by atoms with Gasteiger partial charge < -0.3 is 15.3 Å². The molecule has 0 bridgehead atoms. The number of anilines is 1. The van der Waals surface area contributed by atoms with Crippen molar-refractivity contribution in [1.29, 1.82) is 0 Å². The van der Waals surface area contributed by atoms with Crippen molar-refractivity contribution in [2.24, 2.45) is 10.9 Å². The van der Waals surface area contributed by atoms with Gasteiger partial charge in [0.25, 0.3) is 11.8 Å². The van der Waals surface area contributed by atoms with E-state index < -0.39 is 28.9 Å². The van der Waals surface area contributed by atoms with Crippen molar-refractivity contribution in [2.45, 2.75) is 82.5 Å². The van der Waals surface area contributed by atoms with Crippen molar-refractivity contribution >= 4 is 29.4 Å². The third-order valence-electron chi connectivity index (χ3n) is 9.54. The maximum atomic E-state index is 13.5. The number of aliphatic imine (C=N–C) groups is 1. The van der Waals surface area contributed by atoms with E-state index in [9.17, 15) is 23.9 Å². The minimum absolute atomic E-state index is 0.000254. The fourth-order valence-electron chi connectivity index (χ4n) is 7.04. The Morgan fingerprint density at radius 1 is 1.07 bits per heavy atom. The highest BCUT2D eigenvalue weighted by Gasteiger charge is 2.49. The van der Waals surface area contributed by atoms with E-state index in [0.29, 0.717) is 49.4 Å². The number of nitrogens with zero attached hydrogens (tertiary/aromatic N) is 3. The van der Waals surface area contributed by atoms with Crippen LogP contribution in [0.1, 0.15) is 73.9 Å². The van der Waals surface area contributed by atoms with E-state index in [2.05, 4.69) is 43.6 Å². The van der Waals surface area contributed by atoms with Gasteiger partial charge >= 0.3 is 6.03 Å². The molecule has 4 amide bonds. The molecule has 3 N–H and O–H groups in total. The molecule has 2 aromatic rings. The van der Waals surface area contributed by atoms with Crippen molar-refractivity contribution in [2.75, 3.05) is 18.0 Å². The van der Waals surface area contributed by atoms with E-state index in [0.717, 1.165) is 43.7 Å². The number of carbonyl (C=O) groups is 3. The lowest BCUT2D eigenvalue weighted by molar-refractivity contribution is -0.125. The van der Waals surface area contributed by atoms with E-state index in [-0.39, 0.29) is 11.9 Å². The summed E-state index contributed by atoms with van der Waals surface area (Å²) >= 11 is 0. The summed E-state index contributed by atoms with van der Waals surface area (Å²) in [5.74, 6) is -0.173. The zero-order chi connectivity index (χ0) is 29.6. The molecule has 10 heteroatoms. The van der Waals surface area contributed by atoms with Crippen LogP contribution in [0.4, 0.5) is 14.9 Å². The van der Waals surface area contributed by atoms with Crippen molar-refractivity contribution in [3.05, 3.63) is 65.0 Å². The standard InChI is InChI=1S/C32H38FN5O4/c1-31(2,42)23-11-15-37(16-12-23)19-20-3-4-22-18-27(34-28(39)21-5-7-24(33)8-6-21)38(26(22)17-20)25-9-13-32(14-10-25)29(40)35-30(41)36-32/h3-8,17,23,25,42H,9-16,18-19H2,1-2H3,(H2,35,36,40,41). The van der Waals surface area contributed by atoms with Gasteiger partial charge in [0.2, 0.25) is 0 Å². The molecular formula is C32H38FN5O4. The highest BCUT2D eigenvalue weighted by Crippen LogP contribution is 2.40. The number of imide groups is 1. The fraction of sp³-hybridized carbons (Fsp3) is 0.500. The molecule has 222 valence electrons. The Hall–Kier alpha value is -3.63. The largest absolute Gasteiger partial charge is 0.390 e. The van der Waals surface area contributed by atoms with Crippen LogP contribution in [0, 0.1) is 11.7 Å². The van der Waals surface area contributed by atoms with E-state index in [4.69, 9.17) is 0 Å². The molecule has 42 heavy (non-hydrogen) atoms. The van der Waals surface area contributed by atoms with Crippen LogP contribution in [0.25, 0.3) is 0 Å². The number of aliphatic hydroxyl groups is 1.